The Morgan fingerprint density at radius 3 is 2.12 bits per heavy atom. The molecule has 1 aliphatic rings. The standard InChI is InChI=1S/C28H28N2O3/c1-17(2)33-23-15-11-21(12-16-23)25-26(29-22-13-9-18(3)10-14-22)28(32)30(27(25)31)24-8-6-7-19(4)20(24)5/h6-17,29H,1-5H3. The lowest BCUT2D eigenvalue weighted by Crippen LogP contribution is -2.33. The molecule has 3 aromatic rings. The van der Waals surface area contributed by atoms with Crippen LogP contribution in [-0.4, -0.2) is 17.9 Å². The van der Waals surface area contributed by atoms with Gasteiger partial charge >= 0.3 is 0 Å². The Morgan fingerprint density at radius 1 is 0.818 bits per heavy atom. The van der Waals surface area contributed by atoms with Gasteiger partial charge in [-0.15, -0.1) is 0 Å². The van der Waals surface area contributed by atoms with Crippen LogP contribution in [0.3, 0.4) is 0 Å². The molecule has 1 heterocycles. The zero-order valence-corrected chi connectivity index (χ0v) is 19.6. The molecule has 33 heavy (non-hydrogen) atoms. The Kier molecular flexibility index (Phi) is 6.05. The Balaban J connectivity index is 1.80. The number of anilines is 2. The van der Waals surface area contributed by atoms with Gasteiger partial charge in [0, 0.05) is 5.69 Å². The van der Waals surface area contributed by atoms with Crippen LogP contribution in [-0.2, 0) is 9.59 Å². The molecule has 3 aromatic carbocycles. The number of rotatable bonds is 6. The Bertz CT molecular complexity index is 1240. The lowest BCUT2D eigenvalue weighted by atomic mass is 10.0. The molecular weight excluding hydrogens is 412 g/mol. The number of aryl methyl sites for hydroxylation is 2. The lowest BCUT2D eigenvalue weighted by molar-refractivity contribution is -0.120. The fourth-order valence-corrected chi connectivity index (χ4v) is 3.86. The minimum Gasteiger partial charge on any atom is -0.491 e. The van der Waals surface area contributed by atoms with E-state index in [4.69, 9.17) is 4.74 Å². The zero-order chi connectivity index (χ0) is 23.7. The van der Waals surface area contributed by atoms with E-state index in [1.54, 1.807) is 0 Å². The summed E-state index contributed by atoms with van der Waals surface area (Å²) in [6.07, 6.45) is 0.0447. The molecule has 1 aliphatic heterocycles. The van der Waals surface area contributed by atoms with E-state index in [0.29, 0.717) is 22.6 Å². The summed E-state index contributed by atoms with van der Waals surface area (Å²) in [6.45, 7) is 9.82. The van der Waals surface area contributed by atoms with Gasteiger partial charge in [0.1, 0.15) is 11.4 Å². The molecule has 0 bridgehead atoms. The molecule has 2 amide bonds. The number of amides is 2. The van der Waals surface area contributed by atoms with Crippen molar-refractivity contribution in [1.82, 2.24) is 0 Å². The molecule has 0 unspecified atom stereocenters. The van der Waals surface area contributed by atoms with Crippen LogP contribution in [0.4, 0.5) is 11.4 Å². The van der Waals surface area contributed by atoms with E-state index in [0.717, 1.165) is 22.4 Å². The van der Waals surface area contributed by atoms with Gasteiger partial charge < -0.3 is 10.1 Å². The average Bonchev–Trinajstić information content (AvgIpc) is 3.01. The van der Waals surface area contributed by atoms with Crippen LogP contribution in [0.25, 0.3) is 5.57 Å². The fourth-order valence-electron chi connectivity index (χ4n) is 3.86. The van der Waals surface area contributed by atoms with E-state index in [2.05, 4.69) is 5.32 Å². The first-order chi connectivity index (χ1) is 15.8. The van der Waals surface area contributed by atoms with Gasteiger partial charge in [0.15, 0.2) is 0 Å². The van der Waals surface area contributed by atoms with Gasteiger partial charge in [-0.2, -0.15) is 0 Å². The van der Waals surface area contributed by atoms with Gasteiger partial charge in [0.25, 0.3) is 11.8 Å². The van der Waals surface area contributed by atoms with Crippen molar-refractivity contribution >= 4 is 28.8 Å². The van der Waals surface area contributed by atoms with Gasteiger partial charge in [-0.1, -0.05) is 42.0 Å². The molecule has 4 rings (SSSR count). The molecule has 5 heteroatoms. The normalized spacial score (nSPS) is 13.8. The second-order valence-electron chi connectivity index (χ2n) is 8.60. The molecular formula is C28H28N2O3. The number of hydrogen-bond acceptors (Lipinski definition) is 4. The third-order valence-corrected chi connectivity index (χ3v) is 5.74. The number of hydrogen-bond donors (Lipinski definition) is 1. The monoisotopic (exact) mass is 440 g/mol. The first-order valence-electron chi connectivity index (χ1n) is 11.1. The summed E-state index contributed by atoms with van der Waals surface area (Å²) in [5, 5.41) is 3.21. The predicted molar refractivity (Wildman–Crippen MR) is 132 cm³/mol. The molecule has 0 atom stereocenters. The highest BCUT2D eigenvalue weighted by molar-refractivity contribution is 6.46. The number of imide groups is 1. The average molecular weight is 441 g/mol. The summed E-state index contributed by atoms with van der Waals surface area (Å²) in [5.74, 6) is -0.00169. The van der Waals surface area contributed by atoms with Crippen molar-refractivity contribution in [3.05, 3.63) is 94.7 Å². The predicted octanol–water partition coefficient (Wildman–Crippen LogP) is 5.80. The molecule has 1 N–H and O–H groups in total. The minimum absolute atomic E-state index is 0.0447. The maximum absolute atomic E-state index is 13.7. The summed E-state index contributed by atoms with van der Waals surface area (Å²) in [4.78, 5) is 28.6. The van der Waals surface area contributed by atoms with Crippen LogP contribution in [0.15, 0.2) is 72.4 Å². The highest BCUT2D eigenvalue weighted by Crippen LogP contribution is 2.36. The van der Waals surface area contributed by atoms with Crippen molar-refractivity contribution in [2.75, 3.05) is 10.2 Å². The highest BCUT2D eigenvalue weighted by Gasteiger charge is 2.41. The molecule has 0 saturated carbocycles. The van der Waals surface area contributed by atoms with E-state index in [-0.39, 0.29) is 23.6 Å². The number of nitrogens with one attached hydrogen (secondary N) is 1. The van der Waals surface area contributed by atoms with Crippen LogP contribution in [0.2, 0.25) is 0 Å². The molecule has 0 aliphatic carbocycles. The maximum atomic E-state index is 13.7. The molecule has 0 fully saturated rings. The second kappa shape index (κ2) is 8.94. The zero-order valence-electron chi connectivity index (χ0n) is 19.6. The number of nitrogens with zero attached hydrogens (tertiary/aromatic N) is 1. The van der Waals surface area contributed by atoms with E-state index < -0.39 is 0 Å². The second-order valence-corrected chi connectivity index (χ2v) is 8.60. The van der Waals surface area contributed by atoms with Crippen molar-refractivity contribution in [2.24, 2.45) is 0 Å². The fraction of sp³-hybridized carbons (Fsp3) is 0.214. The van der Waals surface area contributed by atoms with Crippen molar-refractivity contribution in [3.8, 4) is 5.75 Å². The van der Waals surface area contributed by atoms with Gasteiger partial charge in [-0.3, -0.25) is 9.59 Å². The van der Waals surface area contributed by atoms with Crippen molar-refractivity contribution < 1.29 is 14.3 Å². The number of carbonyl (C=O) groups excluding carboxylic acids is 2. The molecule has 0 saturated heterocycles. The van der Waals surface area contributed by atoms with Gasteiger partial charge in [0.05, 0.1) is 17.4 Å². The largest absolute Gasteiger partial charge is 0.491 e. The van der Waals surface area contributed by atoms with Crippen LogP contribution in [0.1, 0.15) is 36.1 Å². The van der Waals surface area contributed by atoms with Crippen LogP contribution in [0.5, 0.6) is 5.75 Å². The lowest BCUT2D eigenvalue weighted by Gasteiger charge is -2.19. The molecule has 168 valence electrons. The summed E-state index contributed by atoms with van der Waals surface area (Å²) in [6, 6.07) is 20.7. The maximum Gasteiger partial charge on any atom is 0.282 e. The molecule has 0 spiro atoms. The molecule has 5 nitrogen and oxygen atoms in total. The quantitative estimate of drug-likeness (QED) is 0.493. The first-order valence-corrected chi connectivity index (χ1v) is 11.1. The summed E-state index contributed by atoms with van der Waals surface area (Å²) in [5.41, 5.74) is 5.65. The number of ether oxygens (including phenoxy) is 1. The Hall–Kier alpha value is -3.86. The van der Waals surface area contributed by atoms with Gasteiger partial charge in [-0.25, -0.2) is 4.90 Å². The van der Waals surface area contributed by atoms with E-state index in [1.807, 2.05) is 101 Å². The molecule has 0 radical (unpaired) electrons. The minimum atomic E-state index is -0.369. The van der Waals surface area contributed by atoms with Crippen LogP contribution >= 0.6 is 0 Å². The SMILES string of the molecule is Cc1ccc(NC2=C(c3ccc(OC(C)C)cc3)C(=O)N(c3cccc(C)c3C)C2=O)cc1. The number of benzene rings is 3. The summed E-state index contributed by atoms with van der Waals surface area (Å²) in [7, 11) is 0. The highest BCUT2D eigenvalue weighted by atomic mass is 16.5. The van der Waals surface area contributed by atoms with E-state index in [9.17, 15) is 9.59 Å². The van der Waals surface area contributed by atoms with E-state index in [1.165, 1.54) is 4.90 Å². The van der Waals surface area contributed by atoms with Crippen molar-refractivity contribution in [3.63, 3.8) is 0 Å². The first kappa shape index (κ1) is 22.3. The van der Waals surface area contributed by atoms with Crippen LogP contribution in [0, 0.1) is 20.8 Å². The topological polar surface area (TPSA) is 58.6 Å². The van der Waals surface area contributed by atoms with Gasteiger partial charge in [0.2, 0.25) is 0 Å². The number of carbonyl (C=O) groups is 2. The van der Waals surface area contributed by atoms with Crippen molar-refractivity contribution in [1.29, 1.82) is 0 Å². The van der Waals surface area contributed by atoms with Crippen molar-refractivity contribution in [2.45, 2.75) is 40.7 Å². The Morgan fingerprint density at radius 2 is 1.48 bits per heavy atom. The van der Waals surface area contributed by atoms with Gasteiger partial charge in [-0.05, 0) is 81.6 Å². The third-order valence-electron chi connectivity index (χ3n) is 5.74. The molecule has 0 aromatic heterocycles. The summed E-state index contributed by atoms with van der Waals surface area (Å²) < 4.78 is 5.74. The van der Waals surface area contributed by atoms with E-state index >= 15 is 0 Å². The summed E-state index contributed by atoms with van der Waals surface area (Å²) >= 11 is 0. The Labute approximate surface area is 194 Å². The third kappa shape index (κ3) is 4.40. The van der Waals surface area contributed by atoms with Crippen LogP contribution < -0.4 is 15.0 Å². The smallest absolute Gasteiger partial charge is 0.282 e.